The molecule has 0 bridgehead atoms. The van der Waals surface area contributed by atoms with Gasteiger partial charge in [0.05, 0.1) is 0 Å². The third-order valence-corrected chi connectivity index (χ3v) is 6.36. The fourth-order valence-electron chi connectivity index (χ4n) is 4.31. The molecule has 0 unspecified atom stereocenters. The standard InChI is InChI=1S/C25H23F6N3O/c26-24(27,28)23(35,25(29,30)31)21-8-6-19(7-9-21)20-15-32-22(33-16-20)34-12-10-18(11-13-34)14-17-4-2-1-3-5-17/h1-9,15-16,18,35H,10-14H2. The molecule has 0 saturated carbocycles. The molecule has 4 nitrogen and oxygen atoms in total. The van der Waals surface area contributed by atoms with Crippen molar-refractivity contribution in [3.8, 4) is 11.1 Å². The van der Waals surface area contributed by atoms with Gasteiger partial charge in [-0.3, -0.25) is 0 Å². The molecule has 1 aromatic heterocycles. The number of halogens is 6. The maximum atomic E-state index is 13.1. The summed E-state index contributed by atoms with van der Waals surface area (Å²) in [7, 11) is 0. The number of aromatic nitrogens is 2. The van der Waals surface area contributed by atoms with Crippen molar-refractivity contribution in [2.24, 2.45) is 5.92 Å². The number of nitrogens with zero attached hydrogens (tertiary/aromatic N) is 3. The lowest BCUT2D eigenvalue weighted by Gasteiger charge is -2.32. The average molecular weight is 495 g/mol. The van der Waals surface area contributed by atoms with E-state index in [0.29, 0.717) is 35.1 Å². The summed E-state index contributed by atoms with van der Waals surface area (Å²) in [6.45, 7) is 1.58. The van der Waals surface area contributed by atoms with Crippen LogP contribution in [-0.4, -0.2) is 40.5 Å². The van der Waals surface area contributed by atoms with Crippen molar-refractivity contribution in [1.82, 2.24) is 9.97 Å². The summed E-state index contributed by atoms with van der Waals surface area (Å²) < 4.78 is 78.4. The van der Waals surface area contributed by atoms with E-state index in [4.69, 9.17) is 0 Å². The van der Waals surface area contributed by atoms with Crippen LogP contribution >= 0.6 is 0 Å². The Morgan fingerprint density at radius 1 is 0.771 bits per heavy atom. The van der Waals surface area contributed by atoms with Crippen LogP contribution in [0.2, 0.25) is 0 Å². The number of hydrogen-bond donors (Lipinski definition) is 1. The predicted molar refractivity (Wildman–Crippen MR) is 119 cm³/mol. The molecule has 1 fully saturated rings. The minimum absolute atomic E-state index is 0.327. The van der Waals surface area contributed by atoms with Crippen LogP contribution in [0, 0.1) is 5.92 Å². The maximum absolute atomic E-state index is 13.1. The molecule has 4 rings (SSSR count). The van der Waals surface area contributed by atoms with E-state index in [9.17, 15) is 31.4 Å². The number of aliphatic hydroxyl groups is 1. The first-order valence-electron chi connectivity index (χ1n) is 11.1. The van der Waals surface area contributed by atoms with Crippen LogP contribution in [0.15, 0.2) is 67.0 Å². The SMILES string of the molecule is OC(c1ccc(-c2cnc(N3CCC(Cc4ccccc4)CC3)nc2)cc1)(C(F)(F)F)C(F)(F)F. The van der Waals surface area contributed by atoms with E-state index in [2.05, 4.69) is 27.0 Å². The molecule has 1 saturated heterocycles. The molecule has 10 heteroatoms. The van der Waals surface area contributed by atoms with Crippen molar-refractivity contribution in [1.29, 1.82) is 0 Å². The van der Waals surface area contributed by atoms with Crippen LogP contribution < -0.4 is 4.90 Å². The molecular formula is C25H23F6N3O. The molecule has 2 aromatic carbocycles. The molecular weight excluding hydrogens is 472 g/mol. The first-order chi connectivity index (χ1) is 16.5. The molecule has 0 amide bonds. The lowest BCUT2D eigenvalue weighted by atomic mass is 9.90. The molecule has 0 spiro atoms. The zero-order valence-corrected chi connectivity index (χ0v) is 18.5. The van der Waals surface area contributed by atoms with Gasteiger partial charge >= 0.3 is 12.4 Å². The van der Waals surface area contributed by atoms with Gasteiger partial charge in [-0.25, -0.2) is 9.97 Å². The van der Waals surface area contributed by atoms with Crippen LogP contribution in [0.4, 0.5) is 32.3 Å². The number of hydrogen-bond acceptors (Lipinski definition) is 4. The quantitative estimate of drug-likeness (QED) is 0.447. The number of anilines is 1. The summed E-state index contributed by atoms with van der Waals surface area (Å²) in [5, 5.41) is 9.52. The van der Waals surface area contributed by atoms with E-state index < -0.39 is 23.5 Å². The molecule has 0 radical (unpaired) electrons. The Morgan fingerprint density at radius 3 is 1.83 bits per heavy atom. The van der Waals surface area contributed by atoms with E-state index in [0.717, 1.165) is 44.5 Å². The van der Waals surface area contributed by atoms with Gasteiger partial charge in [0.15, 0.2) is 0 Å². The summed E-state index contributed by atoms with van der Waals surface area (Å²) in [6, 6.07) is 13.7. The predicted octanol–water partition coefficient (Wildman–Crippen LogP) is 5.91. The lowest BCUT2D eigenvalue weighted by Crippen LogP contribution is -2.53. The van der Waals surface area contributed by atoms with Crippen LogP contribution in [0.3, 0.4) is 0 Å². The molecule has 186 valence electrons. The largest absolute Gasteiger partial charge is 0.430 e. The summed E-state index contributed by atoms with van der Waals surface area (Å²) in [4.78, 5) is 10.7. The van der Waals surface area contributed by atoms with E-state index in [1.807, 2.05) is 18.2 Å². The number of piperidine rings is 1. The molecule has 0 aliphatic carbocycles. The average Bonchev–Trinajstić information content (AvgIpc) is 2.83. The van der Waals surface area contributed by atoms with E-state index in [1.165, 1.54) is 18.0 Å². The Kier molecular flexibility index (Phi) is 6.77. The van der Waals surface area contributed by atoms with Crippen molar-refractivity contribution in [3.63, 3.8) is 0 Å². The van der Waals surface area contributed by atoms with Gasteiger partial charge in [0.1, 0.15) is 0 Å². The Hall–Kier alpha value is -3.14. The Balaban J connectivity index is 1.42. The monoisotopic (exact) mass is 495 g/mol. The van der Waals surface area contributed by atoms with Gasteiger partial charge in [0.25, 0.3) is 5.60 Å². The Bertz CT molecular complexity index is 1090. The zero-order valence-electron chi connectivity index (χ0n) is 18.5. The molecule has 2 heterocycles. The molecule has 1 aliphatic rings. The first kappa shape index (κ1) is 25.0. The second-order valence-electron chi connectivity index (χ2n) is 8.68. The summed E-state index contributed by atoms with van der Waals surface area (Å²) in [5.41, 5.74) is -4.19. The number of benzene rings is 2. The third kappa shape index (κ3) is 5.12. The van der Waals surface area contributed by atoms with Gasteiger partial charge in [0.2, 0.25) is 5.95 Å². The highest BCUT2D eigenvalue weighted by Gasteiger charge is 2.71. The summed E-state index contributed by atoms with van der Waals surface area (Å²) >= 11 is 0. The summed E-state index contributed by atoms with van der Waals surface area (Å²) in [6.07, 6.45) is -5.90. The van der Waals surface area contributed by atoms with Crippen molar-refractivity contribution in [2.45, 2.75) is 37.2 Å². The van der Waals surface area contributed by atoms with Crippen molar-refractivity contribution in [2.75, 3.05) is 18.0 Å². The fourth-order valence-corrected chi connectivity index (χ4v) is 4.31. The lowest BCUT2D eigenvalue weighted by molar-refractivity contribution is -0.376. The third-order valence-electron chi connectivity index (χ3n) is 6.36. The Morgan fingerprint density at radius 2 is 1.31 bits per heavy atom. The van der Waals surface area contributed by atoms with Crippen LogP contribution in [0.25, 0.3) is 11.1 Å². The van der Waals surface area contributed by atoms with Crippen LogP contribution in [-0.2, 0) is 12.0 Å². The molecule has 1 aliphatic heterocycles. The highest BCUT2D eigenvalue weighted by atomic mass is 19.4. The first-order valence-corrected chi connectivity index (χ1v) is 11.1. The smallest absolute Gasteiger partial charge is 0.369 e. The minimum Gasteiger partial charge on any atom is -0.369 e. The normalized spacial score (nSPS) is 15.9. The van der Waals surface area contributed by atoms with Gasteiger partial charge in [-0.2, -0.15) is 26.3 Å². The Labute approximate surface area is 198 Å². The van der Waals surface area contributed by atoms with Gasteiger partial charge in [0, 0.05) is 36.6 Å². The van der Waals surface area contributed by atoms with Crippen molar-refractivity contribution < 1.29 is 31.4 Å². The molecule has 35 heavy (non-hydrogen) atoms. The molecule has 1 N–H and O–H groups in total. The summed E-state index contributed by atoms with van der Waals surface area (Å²) in [5.74, 6) is 1.09. The highest BCUT2D eigenvalue weighted by Crippen LogP contribution is 2.50. The second kappa shape index (κ2) is 9.49. The van der Waals surface area contributed by atoms with Gasteiger partial charge in [-0.1, -0.05) is 54.6 Å². The molecule has 3 aromatic rings. The van der Waals surface area contributed by atoms with Gasteiger partial charge < -0.3 is 10.0 Å². The van der Waals surface area contributed by atoms with Gasteiger partial charge in [-0.05, 0) is 36.3 Å². The van der Waals surface area contributed by atoms with Crippen molar-refractivity contribution in [3.05, 3.63) is 78.1 Å². The maximum Gasteiger partial charge on any atom is 0.430 e. The number of rotatable bonds is 5. The van der Waals surface area contributed by atoms with Crippen molar-refractivity contribution >= 4 is 5.95 Å². The highest BCUT2D eigenvalue weighted by molar-refractivity contribution is 5.62. The second-order valence-corrected chi connectivity index (χ2v) is 8.68. The molecule has 0 atom stereocenters. The van der Waals surface area contributed by atoms with E-state index in [-0.39, 0.29) is 0 Å². The zero-order chi connectivity index (χ0) is 25.3. The number of alkyl halides is 6. The fraction of sp³-hybridized carbons (Fsp3) is 0.360. The van der Waals surface area contributed by atoms with Crippen LogP contribution in [0.1, 0.15) is 24.0 Å². The minimum atomic E-state index is -5.92. The van der Waals surface area contributed by atoms with E-state index in [1.54, 1.807) is 0 Å². The van der Waals surface area contributed by atoms with Crippen LogP contribution in [0.5, 0.6) is 0 Å². The van der Waals surface area contributed by atoms with Gasteiger partial charge in [-0.15, -0.1) is 0 Å². The van der Waals surface area contributed by atoms with E-state index >= 15 is 0 Å². The topological polar surface area (TPSA) is 49.3 Å².